The van der Waals surface area contributed by atoms with E-state index in [1.807, 2.05) is 0 Å². The molecule has 2 aromatic rings. The van der Waals surface area contributed by atoms with Gasteiger partial charge in [0.1, 0.15) is 11.6 Å². The molecule has 132 valence electrons. The van der Waals surface area contributed by atoms with Crippen LogP contribution in [0.3, 0.4) is 0 Å². The summed E-state index contributed by atoms with van der Waals surface area (Å²) in [6, 6.07) is 4.52. The molecule has 25 heavy (non-hydrogen) atoms. The van der Waals surface area contributed by atoms with Gasteiger partial charge in [0.2, 0.25) is 0 Å². The molecule has 0 saturated heterocycles. The molecule has 7 heteroatoms. The summed E-state index contributed by atoms with van der Waals surface area (Å²) in [5.41, 5.74) is 9.31. The van der Waals surface area contributed by atoms with E-state index in [9.17, 15) is 9.18 Å². The summed E-state index contributed by atoms with van der Waals surface area (Å²) in [6.07, 6.45) is 2.91. The molecule has 3 N–H and O–H groups in total. The number of carbonyl (C=O) groups excluding carboxylic acids is 1. The predicted octanol–water partition coefficient (Wildman–Crippen LogP) is 2.35. The lowest BCUT2D eigenvalue weighted by atomic mass is 9.89. The lowest BCUT2D eigenvalue weighted by Gasteiger charge is -2.27. The first-order valence-electron chi connectivity index (χ1n) is 8.55. The number of nitrogens with two attached hydrogens (primary N) is 1. The highest BCUT2D eigenvalue weighted by atomic mass is 19.1. The Hall–Kier alpha value is -2.41. The van der Waals surface area contributed by atoms with E-state index in [0.29, 0.717) is 37.2 Å². The average molecular weight is 344 g/mol. The van der Waals surface area contributed by atoms with Crippen molar-refractivity contribution in [2.45, 2.75) is 37.7 Å². The number of nitrogens with zero attached hydrogens (tertiary/aromatic N) is 2. The van der Waals surface area contributed by atoms with Crippen LogP contribution in [0.2, 0.25) is 0 Å². The number of fused-ring (bicyclic) bond motifs is 2. The van der Waals surface area contributed by atoms with Gasteiger partial charge in [-0.2, -0.15) is 0 Å². The third-order valence-electron chi connectivity index (χ3n) is 5.23. The van der Waals surface area contributed by atoms with Crippen LogP contribution in [0.4, 0.5) is 15.9 Å². The monoisotopic (exact) mass is 344 g/mol. The molecule has 1 aromatic carbocycles. The number of benzene rings is 1. The fourth-order valence-corrected chi connectivity index (χ4v) is 3.89. The Labute approximate surface area is 145 Å². The van der Waals surface area contributed by atoms with Gasteiger partial charge in [0, 0.05) is 31.3 Å². The Morgan fingerprint density at radius 1 is 1.44 bits per heavy atom. The van der Waals surface area contributed by atoms with Gasteiger partial charge in [-0.25, -0.2) is 9.07 Å². The molecule has 0 spiro atoms. The van der Waals surface area contributed by atoms with Gasteiger partial charge in [0.05, 0.1) is 17.7 Å². The van der Waals surface area contributed by atoms with E-state index < -0.39 is 5.92 Å². The minimum absolute atomic E-state index is 0.108. The fraction of sp³-hybridized carbons (Fsp3) is 0.444. The zero-order valence-electron chi connectivity index (χ0n) is 14.1. The number of carbonyl (C=O) groups is 1. The van der Waals surface area contributed by atoms with Crippen LogP contribution in [-0.2, 0) is 17.6 Å². The maximum atomic E-state index is 13.7. The van der Waals surface area contributed by atoms with Crippen molar-refractivity contribution in [3.05, 3.63) is 40.8 Å². The van der Waals surface area contributed by atoms with Crippen LogP contribution in [0.25, 0.3) is 0 Å². The second kappa shape index (κ2) is 6.15. The van der Waals surface area contributed by atoms with Gasteiger partial charge in [0.25, 0.3) is 5.91 Å². The van der Waals surface area contributed by atoms with Crippen molar-refractivity contribution in [2.24, 2.45) is 0 Å². The number of ether oxygens (including phenoxy) is 1. The van der Waals surface area contributed by atoms with Crippen molar-refractivity contribution in [3.8, 4) is 0 Å². The van der Waals surface area contributed by atoms with E-state index in [1.54, 1.807) is 13.2 Å². The SMILES string of the molecule is CO[C@@H]1CCc2c(c(N)nn2C(=O)C2CCNc3ccc(F)cc32)C1. The molecule has 1 aromatic heterocycles. The van der Waals surface area contributed by atoms with Gasteiger partial charge in [-0.1, -0.05) is 0 Å². The summed E-state index contributed by atoms with van der Waals surface area (Å²) in [6.45, 7) is 0.666. The molecule has 0 saturated carbocycles. The zero-order valence-corrected chi connectivity index (χ0v) is 14.1. The number of rotatable bonds is 2. The third-order valence-corrected chi connectivity index (χ3v) is 5.23. The van der Waals surface area contributed by atoms with Crippen molar-refractivity contribution in [3.63, 3.8) is 0 Å². The summed E-state index contributed by atoms with van der Waals surface area (Å²) in [7, 11) is 1.68. The zero-order chi connectivity index (χ0) is 17.6. The summed E-state index contributed by atoms with van der Waals surface area (Å²) < 4.78 is 20.6. The summed E-state index contributed by atoms with van der Waals surface area (Å²) in [5.74, 6) is -0.517. The normalized spacial score (nSPS) is 22.0. The molecular formula is C18H21FN4O2. The van der Waals surface area contributed by atoms with Crippen molar-refractivity contribution in [2.75, 3.05) is 24.7 Å². The van der Waals surface area contributed by atoms with Gasteiger partial charge in [0.15, 0.2) is 0 Å². The fourth-order valence-electron chi connectivity index (χ4n) is 3.89. The molecule has 2 heterocycles. The maximum absolute atomic E-state index is 13.7. The summed E-state index contributed by atoms with van der Waals surface area (Å²) in [5, 5.41) is 7.52. The van der Waals surface area contributed by atoms with Crippen LogP contribution in [-0.4, -0.2) is 35.4 Å². The number of aromatic nitrogens is 2. The van der Waals surface area contributed by atoms with Crippen LogP contribution in [0.15, 0.2) is 18.2 Å². The highest BCUT2D eigenvalue weighted by Gasteiger charge is 2.33. The number of hydrogen-bond acceptors (Lipinski definition) is 5. The largest absolute Gasteiger partial charge is 0.385 e. The van der Waals surface area contributed by atoms with Crippen molar-refractivity contribution in [1.82, 2.24) is 9.78 Å². The number of nitrogens with one attached hydrogen (secondary N) is 1. The summed E-state index contributed by atoms with van der Waals surface area (Å²) >= 11 is 0. The Morgan fingerprint density at radius 3 is 3.08 bits per heavy atom. The van der Waals surface area contributed by atoms with Gasteiger partial charge in [-0.05, 0) is 43.0 Å². The highest BCUT2D eigenvalue weighted by molar-refractivity contribution is 5.89. The standard InChI is InChI=1S/C18H21FN4O2/c1-25-11-3-5-16-14(9-11)17(20)22-23(16)18(24)12-6-7-21-15-4-2-10(19)8-13(12)15/h2,4,8,11-12,21H,3,5-7,9H2,1H3,(H2,20,22)/t11-,12?/m1/s1. The molecule has 1 aliphatic carbocycles. The first-order valence-corrected chi connectivity index (χ1v) is 8.55. The van der Waals surface area contributed by atoms with Gasteiger partial charge < -0.3 is 15.8 Å². The molecule has 0 fully saturated rings. The van der Waals surface area contributed by atoms with Crippen LogP contribution >= 0.6 is 0 Å². The summed E-state index contributed by atoms with van der Waals surface area (Å²) in [4.78, 5) is 13.2. The molecule has 2 aliphatic rings. The average Bonchev–Trinajstić information content (AvgIpc) is 2.96. The first-order chi connectivity index (χ1) is 12.1. The Kier molecular flexibility index (Phi) is 3.95. The first kappa shape index (κ1) is 16.1. The second-order valence-electron chi connectivity index (χ2n) is 6.66. The molecule has 1 unspecified atom stereocenters. The van der Waals surface area contributed by atoms with Crippen LogP contribution in [0, 0.1) is 5.82 Å². The Balaban J connectivity index is 1.71. The molecule has 0 radical (unpaired) electrons. The molecular weight excluding hydrogens is 323 g/mol. The lowest BCUT2D eigenvalue weighted by Crippen LogP contribution is -2.30. The smallest absolute Gasteiger partial charge is 0.254 e. The Bertz CT molecular complexity index is 833. The number of anilines is 2. The number of halogens is 1. The molecule has 1 aliphatic heterocycles. The highest BCUT2D eigenvalue weighted by Crippen LogP contribution is 2.35. The number of methoxy groups -OCH3 is 1. The third kappa shape index (κ3) is 2.68. The maximum Gasteiger partial charge on any atom is 0.254 e. The quantitative estimate of drug-likeness (QED) is 0.874. The molecule has 0 amide bonds. The van der Waals surface area contributed by atoms with E-state index in [2.05, 4.69) is 10.4 Å². The van der Waals surface area contributed by atoms with Crippen molar-refractivity contribution in [1.29, 1.82) is 0 Å². The van der Waals surface area contributed by atoms with Gasteiger partial charge in [-0.15, -0.1) is 5.10 Å². The molecule has 6 nitrogen and oxygen atoms in total. The van der Waals surface area contributed by atoms with E-state index in [1.165, 1.54) is 16.8 Å². The van der Waals surface area contributed by atoms with Crippen molar-refractivity contribution >= 4 is 17.4 Å². The van der Waals surface area contributed by atoms with Crippen LogP contribution < -0.4 is 11.1 Å². The molecule has 2 atom stereocenters. The van der Waals surface area contributed by atoms with E-state index >= 15 is 0 Å². The number of nitrogen functional groups attached to an aromatic ring is 1. The van der Waals surface area contributed by atoms with Gasteiger partial charge in [-0.3, -0.25) is 4.79 Å². The van der Waals surface area contributed by atoms with Crippen molar-refractivity contribution < 1.29 is 13.9 Å². The lowest BCUT2D eigenvalue weighted by molar-refractivity contribution is 0.0823. The van der Waals surface area contributed by atoms with Crippen LogP contribution in [0.1, 0.15) is 40.4 Å². The second-order valence-corrected chi connectivity index (χ2v) is 6.66. The minimum atomic E-state index is -0.421. The predicted molar refractivity (Wildman–Crippen MR) is 92.3 cm³/mol. The number of hydrogen-bond donors (Lipinski definition) is 2. The van der Waals surface area contributed by atoms with Crippen LogP contribution in [0.5, 0.6) is 0 Å². The molecule has 4 rings (SSSR count). The molecule has 0 bridgehead atoms. The van der Waals surface area contributed by atoms with E-state index in [0.717, 1.165) is 23.4 Å². The van der Waals surface area contributed by atoms with E-state index in [-0.39, 0.29) is 17.8 Å². The Morgan fingerprint density at radius 2 is 2.28 bits per heavy atom. The topological polar surface area (TPSA) is 82.2 Å². The van der Waals surface area contributed by atoms with E-state index in [4.69, 9.17) is 10.5 Å². The van der Waals surface area contributed by atoms with Gasteiger partial charge >= 0.3 is 0 Å². The minimum Gasteiger partial charge on any atom is -0.385 e.